The van der Waals surface area contributed by atoms with Gasteiger partial charge in [0.05, 0.1) is 32.8 Å². The number of anilines is 6. The fourth-order valence-corrected chi connectivity index (χ4v) is 9.29. The molecule has 16 nitrogen and oxygen atoms in total. The number of thioether (sulfide) groups is 1. The van der Waals surface area contributed by atoms with E-state index in [1.54, 1.807) is 14.2 Å². The van der Waals surface area contributed by atoms with E-state index >= 15 is 0 Å². The molecular weight excluding hydrogens is 1160 g/mol. The highest BCUT2D eigenvalue weighted by Gasteiger charge is 2.21. The Morgan fingerprint density at radius 2 is 1.24 bits per heavy atom. The van der Waals surface area contributed by atoms with E-state index in [0.29, 0.717) is 21.0 Å². The SMILES string of the molecule is Br.CCSC(N)=NC(=S)Nc1ccc(N2CCN(CCOC)CC2)cc1.COCCN1CCN(c2ccc(Nc3nc(N)c(C(=O)c4ccc(OC)c(F)c4)s3)cc2)CC1.COc1ccc(C(=O)CBr)cc1F.P. The Morgan fingerprint density at radius 1 is 0.770 bits per heavy atom. The number of carbonyl (C=O) groups is 2. The summed E-state index contributed by atoms with van der Waals surface area (Å²) in [4.78, 5) is 42.2. The minimum absolute atomic E-state index is 0. The molecule has 0 aliphatic carbocycles. The molecule has 3 heterocycles. The summed E-state index contributed by atoms with van der Waals surface area (Å²) in [5.74, 6) is -0.451. The van der Waals surface area contributed by atoms with Gasteiger partial charge in [-0.1, -0.05) is 46.0 Å². The van der Waals surface area contributed by atoms with Gasteiger partial charge in [-0.3, -0.25) is 19.4 Å². The van der Waals surface area contributed by atoms with Gasteiger partial charge in [-0.15, -0.1) is 17.0 Å². The van der Waals surface area contributed by atoms with Crippen LogP contribution in [0.15, 0.2) is 89.9 Å². The van der Waals surface area contributed by atoms with Crippen LogP contribution in [0.4, 0.5) is 42.5 Å². The fourth-order valence-electron chi connectivity index (χ4n) is 7.37. The molecule has 2 fully saturated rings. The number of nitrogens with two attached hydrogens (primary N) is 2. The number of halogens is 4. The maximum atomic E-state index is 14.0. The Hall–Kier alpha value is -4.55. The van der Waals surface area contributed by atoms with E-state index in [-0.39, 0.29) is 71.5 Å². The summed E-state index contributed by atoms with van der Waals surface area (Å²) < 4.78 is 47.0. The third kappa shape index (κ3) is 19.9. The summed E-state index contributed by atoms with van der Waals surface area (Å²) in [6.45, 7) is 13.7. The normalized spacial score (nSPS) is 13.7. The maximum Gasteiger partial charge on any atom is 0.206 e. The van der Waals surface area contributed by atoms with Crippen molar-refractivity contribution >= 4 is 134 Å². The summed E-state index contributed by atoms with van der Waals surface area (Å²) in [5, 5.41) is 7.87. The molecule has 4 aromatic carbocycles. The van der Waals surface area contributed by atoms with Crippen molar-refractivity contribution in [3.63, 3.8) is 0 Å². The Balaban J connectivity index is 0.000000317. The fraction of sp³-hybridized carbons (Fsp3) is 0.380. The number of hydrogen-bond acceptors (Lipinski definition) is 16. The molecule has 74 heavy (non-hydrogen) atoms. The molecule has 0 bridgehead atoms. The first kappa shape index (κ1) is 63.7. The number of benzene rings is 4. The molecule has 2 aliphatic rings. The second-order valence-electron chi connectivity index (χ2n) is 16.0. The van der Waals surface area contributed by atoms with Crippen molar-refractivity contribution in [3.05, 3.63) is 113 Å². The minimum atomic E-state index is -0.605. The number of nitrogen functional groups attached to an aromatic ring is 1. The summed E-state index contributed by atoms with van der Waals surface area (Å²) >= 11 is 10.8. The van der Waals surface area contributed by atoms with Crippen molar-refractivity contribution in [3.8, 4) is 11.5 Å². The van der Waals surface area contributed by atoms with Crippen LogP contribution in [0.3, 0.4) is 0 Å². The summed E-state index contributed by atoms with van der Waals surface area (Å²) in [7, 11) is 6.23. The van der Waals surface area contributed by atoms with Crippen LogP contribution >= 0.6 is 78.1 Å². The van der Waals surface area contributed by atoms with Gasteiger partial charge in [0.2, 0.25) is 5.78 Å². The van der Waals surface area contributed by atoms with Crippen LogP contribution in [-0.2, 0) is 9.47 Å². The molecule has 2 saturated heterocycles. The van der Waals surface area contributed by atoms with Crippen LogP contribution in [0.25, 0.3) is 0 Å². The first-order chi connectivity index (χ1) is 34.8. The van der Waals surface area contributed by atoms with Gasteiger partial charge in [0.1, 0.15) is 10.7 Å². The predicted octanol–water partition coefficient (Wildman–Crippen LogP) is 8.88. The Kier molecular flexibility index (Phi) is 28.8. The van der Waals surface area contributed by atoms with Gasteiger partial charge in [-0.25, -0.2) is 13.8 Å². The number of alkyl halides is 1. The lowest BCUT2D eigenvalue weighted by atomic mass is 10.1. The van der Waals surface area contributed by atoms with Crippen molar-refractivity contribution < 1.29 is 37.3 Å². The zero-order valence-electron chi connectivity index (χ0n) is 42.2. The summed E-state index contributed by atoms with van der Waals surface area (Å²) in [6, 6.07) is 24.6. The molecule has 2 aliphatic heterocycles. The number of thiazole rings is 1. The van der Waals surface area contributed by atoms with Gasteiger partial charge in [-0.2, -0.15) is 14.9 Å². The number of ketones is 2. The van der Waals surface area contributed by atoms with E-state index in [4.69, 9.17) is 42.6 Å². The Bertz CT molecular complexity index is 2560. The molecule has 1 atom stereocenters. The largest absolute Gasteiger partial charge is 0.494 e. The Morgan fingerprint density at radius 3 is 1.69 bits per heavy atom. The van der Waals surface area contributed by atoms with Crippen molar-refractivity contribution in [1.82, 2.24) is 14.8 Å². The van der Waals surface area contributed by atoms with E-state index in [9.17, 15) is 18.4 Å². The molecule has 5 aromatic rings. The first-order valence-corrected chi connectivity index (χ1v) is 26.4. The monoisotopic (exact) mass is 1230 g/mol. The number of aromatic nitrogens is 1. The van der Waals surface area contributed by atoms with Crippen LogP contribution in [0, 0.1) is 11.6 Å². The molecule has 7 rings (SSSR count). The van der Waals surface area contributed by atoms with Crippen molar-refractivity contribution in [1.29, 1.82) is 0 Å². The number of aliphatic imine (C=N–C) groups is 1. The van der Waals surface area contributed by atoms with Gasteiger partial charge >= 0.3 is 0 Å². The zero-order chi connectivity index (χ0) is 52.0. The van der Waals surface area contributed by atoms with Crippen LogP contribution in [0.1, 0.15) is 32.5 Å². The second kappa shape index (κ2) is 33.5. The van der Waals surface area contributed by atoms with Crippen molar-refractivity contribution in [2.75, 3.05) is 144 Å². The number of nitrogens with zero attached hydrogens (tertiary/aromatic N) is 6. The number of carbonyl (C=O) groups excluding carboxylic acids is 2. The Labute approximate surface area is 468 Å². The van der Waals surface area contributed by atoms with Crippen molar-refractivity contribution in [2.24, 2.45) is 10.7 Å². The van der Waals surface area contributed by atoms with Crippen LogP contribution in [-0.4, -0.2) is 155 Å². The standard InChI is InChI=1S/C24H28FN5O3S.C17H27N5OS2.C9H8BrFO2.BrH.H3P/c1-32-14-13-29-9-11-30(12-10-29)18-6-4-17(5-7-18)27-24-28-23(26)22(34-24)21(31)16-3-8-20(33-2)19(25)15-16;1-3-25-16(18)20-17(24)19-14-4-6-15(7-5-14)22-10-8-21(9-11-22)12-13-23-2;1-13-9-3-2-6(4-7(9)11)8(12)5-10;;/h3-8,15H,9-14,26H2,1-2H3,(H,27,28);4-7H,3,8-13H2,1-2H3,(H3,18,19,20,24);2-4H,5H2,1H3;1H;1H3. The maximum absolute atomic E-state index is 14.0. The number of Topliss-reactive ketones (excluding diaryl/α,β-unsaturated/α-hetero) is 1. The molecule has 404 valence electrons. The second-order valence-corrected chi connectivity index (χ2v) is 19.2. The molecule has 0 amide bonds. The topological polar surface area (TPSA) is 185 Å². The number of hydrogen-bond donors (Lipinski definition) is 4. The molecule has 6 N–H and O–H groups in total. The number of methoxy groups -OCH3 is 4. The first-order valence-electron chi connectivity index (χ1n) is 23.0. The lowest BCUT2D eigenvalue weighted by Crippen LogP contribution is -2.47. The molecule has 1 aromatic heterocycles. The highest BCUT2D eigenvalue weighted by atomic mass is 79.9. The molecule has 24 heteroatoms. The molecule has 1 unspecified atom stereocenters. The lowest BCUT2D eigenvalue weighted by molar-refractivity contribution is 0.102. The van der Waals surface area contributed by atoms with Crippen LogP contribution < -0.4 is 41.4 Å². The summed E-state index contributed by atoms with van der Waals surface area (Å²) in [5.41, 5.74) is 16.4. The molecular formula is C50H67Br2F2N10O6PS3. The van der Waals surface area contributed by atoms with Crippen molar-refractivity contribution in [2.45, 2.75) is 6.92 Å². The van der Waals surface area contributed by atoms with E-state index in [1.165, 1.54) is 62.0 Å². The van der Waals surface area contributed by atoms with E-state index in [1.807, 2.05) is 31.2 Å². The van der Waals surface area contributed by atoms with Gasteiger partial charge in [0.15, 0.2) is 44.3 Å². The number of amidine groups is 1. The number of rotatable bonds is 18. The average Bonchev–Trinajstić information content (AvgIpc) is 3.76. The van der Waals surface area contributed by atoms with E-state index < -0.39 is 11.6 Å². The molecule has 0 radical (unpaired) electrons. The van der Waals surface area contributed by atoms with E-state index in [2.05, 4.69) is 80.4 Å². The number of thiocarbonyl (C=S) groups is 1. The third-order valence-corrected chi connectivity index (χ3v) is 13.7. The van der Waals surface area contributed by atoms with Gasteiger partial charge in [-0.05, 0) is 103 Å². The predicted molar refractivity (Wildman–Crippen MR) is 319 cm³/mol. The number of ether oxygens (including phenoxy) is 4. The lowest BCUT2D eigenvalue weighted by Gasteiger charge is -2.36. The number of nitrogens with one attached hydrogen (secondary N) is 2. The van der Waals surface area contributed by atoms with Crippen LogP contribution in [0.2, 0.25) is 0 Å². The molecule has 0 spiro atoms. The zero-order valence-corrected chi connectivity index (χ0v) is 49.4. The van der Waals surface area contributed by atoms with Gasteiger partial charge < -0.3 is 50.8 Å². The quantitative estimate of drug-likeness (QED) is 0.0163. The van der Waals surface area contributed by atoms with E-state index in [0.717, 1.165) is 119 Å². The smallest absolute Gasteiger partial charge is 0.206 e. The highest BCUT2D eigenvalue weighted by Crippen LogP contribution is 2.32. The highest BCUT2D eigenvalue weighted by molar-refractivity contribution is 9.09. The van der Waals surface area contributed by atoms with Crippen LogP contribution in [0.5, 0.6) is 11.5 Å². The number of piperazine rings is 2. The van der Waals surface area contributed by atoms with Gasteiger partial charge in [0, 0.05) is 114 Å². The average molecular weight is 1230 g/mol. The van der Waals surface area contributed by atoms with Gasteiger partial charge in [0.25, 0.3) is 0 Å². The summed E-state index contributed by atoms with van der Waals surface area (Å²) in [6.07, 6.45) is 0. The molecule has 0 saturated carbocycles. The minimum Gasteiger partial charge on any atom is -0.494 e. The third-order valence-electron chi connectivity index (χ3n) is 11.3.